The van der Waals surface area contributed by atoms with Gasteiger partial charge < -0.3 is 10.4 Å². The van der Waals surface area contributed by atoms with Gasteiger partial charge in [-0.3, -0.25) is 0 Å². The van der Waals surface area contributed by atoms with Gasteiger partial charge in [0, 0.05) is 18.5 Å². The number of fused-ring (bicyclic) bond motifs is 2. The third kappa shape index (κ3) is 0.894. The van der Waals surface area contributed by atoms with Gasteiger partial charge in [0.1, 0.15) is 0 Å². The molecule has 2 bridgehead atoms. The molecule has 2 aliphatic rings. The van der Waals surface area contributed by atoms with E-state index in [0.29, 0.717) is 6.42 Å². The van der Waals surface area contributed by atoms with Crippen LogP contribution in [-0.2, 0) is 0 Å². The molecule has 2 nitrogen and oxygen atoms in total. The number of rotatable bonds is 0. The molecule has 0 spiro atoms. The van der Waals surface area contributed by atoms with E-state index < -0.39 is 17.8 Å². The Hall–Kier alpha value is -0.290. The summed E-state index contributed by atoms with van der Waals surface area (Å²) >= 11 is 0. The van der Waals surface area contributed by atoms with Crippen molar-refractivity contribution in [2.24, 2.45) is 0 Å². The first-order valence-electron chi connectivity index (χ1n) is 3.98. The lowest BCUT2D eigenvalue weighted by Gasteiger charge is -2.32. The lowest BCUT2D eigenvalue weighted by molar-refractivity contribution is -0.265. The first kappa shape index (κ1) is 8.31. The minimum atomic E-state index is -4.49. The summed E-state index contributed by atoms with van der Waals surface area (Å²) in [5.74, 6) is 0. The molecule has 0 aliphatic carbocycles. The highest BCUT2D eigenvalue weighted by atomic mass is 19.4. The van der Waals surface area contributed by atoms with Crippen LogP contribution in [0.4, 0.5) is 13.2 Å². The van der Waals surface area contributed by atoms with E-state index in [1.807, 2.05) is 0 Å². The molecule has 70 valence electrons. The van der Waals surface area contributed by atoms with Gasteiger partial charge in [0.15, 0.2) is 5.60 Å². The highest BCUT2D eigenvalue weighted by molar-refractivity contribution is 5.11. The second-order valence-corrected chi connectivity index (χ2v) is 3.62. The molecule has 3 atom stereocenters. The molecule has 0 aromatic heterocycles. The third-order valence-corrected chi connectivity index (χ3v) is 2.87. The monoisotopic (exact) mass is 181 g/mol. The Morgan fingerprint density at radius 1 is 1.33 bits per heavy atom. The van der Waals surface area contributed by atoms with E-state index >= 15 is 0 Å². The molecule has 2 fully saturated rings. The van der Waals surface area contributed by atoms with Crippen molar-refractivity contribution in [1.29, 1.82) is 0 Å². The van der Waals surface area contributed by atoms with E-state index in [0.717, 1.165) is 6.42 Å². The second kappa shape index (κ2) is 2.14. The van der Waals surface area contributed by atoms with Crippen LogP contribution in [0.15, 0.2) is 0 Å². The van der Waals surface area contributed by atoms with Crippen molar-refractivity contribution in [3.05, 3.63) is 0 Å². The number of hydrogen-bond acceptors (Lipinski definition) is 2. The van der Waals surface area contributed by atoms with Gasteiger partial charge in [0.25, 0.3) is 0 Å². The average Bonchev–Trinajstić information content (AvgIpc) is 2.43. The predicted octanol–water partition coefficient (Wildman–Crippen LogP) is 0.804. The van der Waals surface area contributed by atoms with Crippen molar-refractivity contribution in [3.63, 3.8) is 0 Å². The van der Waals surface area contributed by atoms with Gasteiger partial charge in [-0.15, -0.1) is 0 Å². The largest absolute Gasteiger partial charge is 0.418 e. The van der Waals surface area contributed by atoms with Crippen LogP contribution in [0.1, 0.15) is 19.3 Å². The maximum absolute atomic E-state index is 12.3. The summed E-state index contributed by atoms with van der Waals surface area (Å²) in [6, 6.07) is -0.913. The molecule has 0 radical (unpaired) electrons. The van der Waals surface area contributed by atoms with Crippen LogP contribution in [0, 0.1) is 0 Å². The smallest absolute Gasteiger partial charge is 0.379 e. The van der Waals surface area contributed by atoms with E-state index in [1.54, 1.807) is 0 Å². The number of alkyl halides is 3. The maximum Gasteiger partial charge on any atom is 0.418 e. The van der Waals surface area contributed by atoms with Crippen LogP contribution in [0.2, 0.25) is 0 Å². The Bertz CT molecular complexity index is 205. The van der Waals surface area contributed by atoms with Crippen molar-refractivity contribution >= 4 is 0 Å². The van der Waals surface area contributed by atoms with Gasteiger partial charge in [-0.25, -0.2) is 0 Å². The van der Waals surface area contributed by atoms with E-state index in [9.17, 15) is 18.3 Å². The molecular weight excluding hydrogens is 171 g/mol. The minimum Gasteiger partial charge on any atom is -0.379 e. The molecule has 0 aromatic rings. The number of halogens is 3. The standard InChI is InChI=1S/C7H10F3NO/c8-7(9,10)6(12)3-4-1-2-5(6)11-4/h4-5,11-12H,1-3H2. The van der Waals surface area contributed by atoms with Crippen LogP contribution in [-0.4, -0.2) is 29.0 Å². The number of nitrogens with one attached hydrogen (secondary N) is 1. The van der Waals surface area contributed by atoms with E-state index in [2.05, 4.69) is 5.32 Å². The van der Waals surface area contributed by atoms with Crippen molar-refractivity contribution in [1.82, 2.24) is 5.32 Å². The fourth-order valence-electron chi connectivity index (χ4n) is 2.19. The van der Waals surface area contributed by atoms with Crippen LogP contribution in [0.5, 0.6) is 0 Å². The molecule has 2 aliphatic heterocycles. The third-order valence-electron chi connectivity index (χ3n) is 2.87. The molecule has 2 heterocycles. The zero-order chi connectivity index (χ0) is 8.98. The number of aliphatic hydroxyl groups is 1. The first-order chi connectivity index (χ1) is 5.43. The molecule has 12 heavy (non-hydrogen) atoms. The second-order valence-electron chi connectivity index (χ2n) is 3.62. The molecular formula is C7H10F3NO. The van der Waals surface area contributed by atoms with Gasteiger partial charge in [0.2, 0.25) is 0 Å². The lowest BCUT2D eigenvalue weighted by atomic mass is 9.84. The molecule has 2 N–H and O–H groups in total. The van der Waals surface area contributed by atoms with Crippen LogP contribution in [0.25, 0.3) is 0 Å². The minimum absolute atomic E-state index is 0.137. The van der Waals surface area contributed by atoms with E-state index in [4.69, 9.17) is 0 Å². The average molecular weight is 181 g/mol. The Kier molecular flexibility index (Phi) is 1.48. The van der Waals surface area contributed by atoms with Crippen LogP contribution in [0.3, 0.4) is 0 Å². The highest BCUT2D eigenvalue weighted by Crippen LogP contribution is 2.46. The highest BCUT2D eigenvalue weighted by Gasteiger charge is 2.64. The van der Waals surface area contributed by atoms with Crippen molar-refractivity contribution < 1.29 is 18.3 Å². The zero-order valence-electron chi connectivity index (χ0n) is 6.36. The summed E-state index contributed by atoms with van der Waals surface area (Å²) in [7, 11) is 0. The normalized spacial score (nSPS) is 47.0. The Morgan fingerprint density at radius 3 is 2.25 bits per heavy atom. The summed E-state index contributed by atoms with van der Waals surface area (Å²) in [6.45, 7) is 0. The summed E-state index contributed by atoms with van der Waals surface area (Å²) in [5, 5.41) is 12.1. The molecule has 0 amide bonds. The van der Waals surface area contributed by atoms with E-state index in [1.165, 1.54) is 0 Å². The summed E-state index contributed by atoms with van der Waals surface area (Å²) < 4.78 is 36.9. The summed E-state index contributed by atoms with van der Waals surface area (Å²) in [6.07, 6.45) is -3.48. The van der Waals surface area contributed by atoms with Gasteiger partial charge in [0.05, 0.1) is 0 Å². The topological polar surface area (TPSA) is 32.3 Å². The van der Waals surface area contributed by atoms with Gasteiger partial charge in [-0.05, 0) is 12.8 Å². The van der Waals surface area contributed by atoms with Gasteiger partial charge in [-0.1, -0.05) is 0 Å². The van der Waals surface area contributed by atoms with Crippen molar-refractivity contribution in [2.45, 2.75) is 43.1 Å². The van der Waals surface area contributed by atoms with Gasteiger partial charge >= 0.3 is 6.18 Å². The van der Waals surface area contributed by atoms with Crippen LogP contribution >= 0.6 is 0 Å². The molecule has 2 saturated heterocycles. The predicted molar refractivity (Wildman–Crippen MR) is 35.6 cm³/mol. The van der Waals surface area contributed by atoms with Crippen LogP contribution < -0.4 is 5.32 Å². The Labute approximate surface area is 67.8 Å². The zero-order valence-corrected chi connectivity index (χ0v) is 6.36. The quantitative estimate of drug-likeness (QED) is 0.579. The molecule has 0 aromatic carbocycles. The summed E-state index contributed by atoms with van der Waals surface area (Å²) in [4.78, 5) is 0. The van der Waals surface area contributed by atoms with Crippen molar-refractivity contribution in [2.75, 3.05) is 0 Å². The summed E-state index contributed by atoms with van der Waals surface area (Å²) in [5.41, 5.74) is -2.46. The Morgan fingerprint density at radius 2 is 2.00 bits per heavy atom. The molecule has 0 saturated carbocycles. The lowest BCUT2D eigenvalue weighted by Crippen LogP contribution is -2.53. The Balaban J connectivity index is 2.23. The van der Waals surface area contributed by atoms with Gasteiger partial charge in [-0.2, -0.15) is 13.2 Å². The first-order valence-corrected chi connectivity index (χ1v) is 3.98. The molecule has 5 heteroatoms. The fraction of sp³-hybridized carbons (Fsp3) is 1.00. The SMILES string of the molecule is OC1(C(F)(F)F)CC2CCC1N2. The number of hydrogen-bond donors (Lipinski definition) is 2. The fourth-order valence-corrected chi connectivity index (χ4v) is 2.19. The van der Waals surface area contributed by atoms with Crippen molar-refractivity contribution in [3.8, 4) is 0 Å². The van der Waals surface area contributed by atoms with E-state index in [-0.39, 0.29) is 12.5 Å². The molecule has 3 unspecified atom stereocenters. The molecule has 2 rings (SSSR count). The maximum atomic E-state index is 12.3.